The van der Waals surface area contributed by atoms with Crippen molar-refractivity contribution in [3.63, 3.8) is 0 Å². The predicted molar refractivity (Wildman–Crippen MR) is 65.7 cm³/mol. The van der Waals surface area contributed by atoms with Crippen LogP contribution in [-0.4, -0.2) is 11.2 Å². The number of rotatable bonds is 5. The molecule has 0 aliphatic heterocycles. The standard InChI is InChI=1S/C13H14N2/c1-3-5-10-14-12(8-4-2)13-9-6-7-11-15-13/h3-4,6-11H,1-2,5H2/b12-8-,14-10-. The van der Waals surface area contributed by atoms with Gasteiger partial charge in [-0.2, -0.15) is 0 Å². The van der Waals surface area contributed by atoms with Crippen molar-refractivity contribution in [1.82, 2.24) is 4.98 Å². The summed E-state index contributed by atoms with van der Waals surface area (Å²) in [5, 5.41) is 0. The average molecular weight is 198 g/mol. The minimum Gasteiger partial charge on any atom is -0.259 e. The van der Waals surface area contributed by atoms with Gasteiger partial charge in [-0.1, -0.05) is 24.8 Å². The van der Waals surface area contributed by atoms with E-state index in [1.807, 2.05) is 24.3 Å². The summed E-state index contributed by atoms with van der Waals surface area (Å²) < 4.78 is 0. The fourth-order valence-corrected chi connectivity index (χ4v) is 1.05. The zero-order valence-corrected chi connectivity index (χ0v) is 8.63. The van der Waals surface area contributed by atoms with Crippen LogP contribution in [0.25, 0.3) is 5.70 Å². The fourth-order valence-electron chi connectivity index (χ4n) is 1.05. The number of allylic oxidation sites excluding steroid dienone is 3. The Morgan fingerprint density at radius 2 is 2.27 bits per heavy atom. The highest BCUT2D eigenvalue weighted by molar-refractivity contribution is 5.73. The van der Waals surface area contributed by atoms with Crippen molar-refractivity contribution in [2.24, 2.45) is 4.99 Å². The second kappa shape index (κ2) is 6.49. The first-order chi connectivity index (χ1) is 7.38. The lowest BCUT2D eigenvalue weighted by Crippen LogP contribution is -1.85. The molecule has 0 bridgehead atoms. The van der Waals surface area contributed by atoms with Gasteiger partial charge in [0.15, 0.2) is 0 Å². The summed E-state index contributed by atoms with van der Waals surface area (Å²) in [6, 6.07) is 5.73. The Morgan fingerprint density at radius 3 is 2.87 bits per heavy atom. The van der Waals surface area contributed by atoms with Crippen LogP contribution in [0.1, 0.15) is 12.1 Å². The summed E-state index contributed by atoms with van der Waals surface area (Å²) in [6.07, 6.45) is 9.64. The van der Waals surface area contributed by atoms with E-state index in [-0.39, 0.29) is 0 Å². The molecule has 76 valence electrons. The fraction of sp³-hybridized carbons (Fsp3) is 0.0769. The number of aliphatic imine (C=N–C) groups is 1. The molecule has 0 atom stereocenters. The third-order valence-corrected chi connectivity index (χ3v) is 1.71. The Kier molecular flexibility index (Phi) is 4.81. The lowest BCUT2D eigenvalue weighted by Gasteiger charge is -1.98. The second-order valence-electron chi connectivity index (χ2n) is 2.84. The number of nitrogens with zero attached hydrogens (tertiary/aromatic N) is 2. The lowest BCUT2D eigenvalue weighted by atomic mass is 10.2. The van der Waals surface area contributed by atoms with Crippen LogP contribution < -0.4 is 0 Å². The molecule has 0 amide bonds. The largest absolute Gasteiger partial charge is 0.259 e. The topological polar surface area (TPSA) is 25.2 Å². The Hall–Kier alpha value is -1.96. The molecule has 0 N–H and O–H groups in total. The highest BCUT2D eigenvalue weighted by Crippen LogP contribution is 2.12. The smallest absolute Gasteiger partial charge is 0.0885 e. The zero-order chi connectivity index (χ0) is 10.9. The van der Waals surface area contributed by atoms with Crippen molar-refractivity contribution in [1.29, 1.82) is 0 Å². The first kappa shape index (κ1) is 11.1. The summed E-state index contributed by atoms with van der Waals surface area (Å²) in [7, 11) is 0. The van der Waals surface area contributed by atoms with E-state index in [2.05, 4.69) is 23.1 Å². The van der Waals surface area contributed by atoms with Gasteiger partial charge in [-0.05, 0) is 18.2 Å². The molecule has 0 unspecified atom stereocenters. The molecule has 1 heterocycles. The molecule has 1 aromatic rings. The van der Waals surface area contributed by atoms with Crippen molar-refractivity contribution in [3.8, 4) is 0 Å². The summed E-state index contributed by atoms with van der Waals surface area (Å²) in [6.45, 7) is 7.29. The number of pyridine rings is 1. The monoisotopic (exact) mass is 198 g/mol. The molecule has 2 heteroatoms. The van der Waals surface area contributed by atoms with E-state index in [0.717, 1.165) is 17.8 Å². The third-order valence-electron chi connectivity index (χ3n) is 1.71. The van der Waals surface area contributed by atoms with Gasteiger partial charge in [0.05, 0.1) is 11.4 Å². The van der Waals surface area contributed by atoms with Crippen molar-refractivity contribution >= 4 is 11.9 Å². The van der Waals surface area contributed by atoms with Crippen LogP contribution in [0.4, 0.5) is 0 Å². The predicted octanol–water partition coefficient (Wildman–Crippen LogP) is 3.26. The first-order valence-electron chi connectivity index (χ1n) is 4.76. The molecular formula is C13H14N2. The Bertz CT molecular complexity index is 375. The molecule has 1 aromatic heterocycles. The molecule has 0 saturated carbocycles. The van der Waals surface area contributed by atoms with Crippen molar-refractivity contribution in [3.05, 3.63) is 61.5 Å². The van der Waals surface area contributed by atoms with Gasteiger partial charge in [0.1, 0.15) is 0 Å². The molecule has 2 nitrogen and oxygen atoms in total. The maximum atomic E-state index is 4.30. The van der Waals surface area contributed by atoms with E-state index < -0.39 is 0 Å². The van der Waals surface area contributed by atoms with Crippen LogP contribution in [0.15, 0.2) is 60.8 Å². The summed E-state index contributed by atoms with van der Waals surface area (Å²) in [4.78, 5) is 8.53. The van der Waals surface area contributed by atoms with Crippen LogP contribution >= 0.6 is 0 Å². The van der Waals surface area contributed by atoms with Gasteiger partial charge >= 0.3 is 0 Å². The van der Waals surface area contributed by atoms with Crippen LogP contribution in [0.5, 0.6) is 0 Å². The molecular weight excluding hydrogens is 184 g/mol. The summed E-state index contributed by atoms with van der Waals surface area (Å²) >= 11 is 0. The molecule has 0 fully saturated rings. The normalized spacial score (nSPS) is 11.6. The molecule has 0 spiro atoms. The molecule has 0 radical (unpaired) electrons. The Labute approximate surface area is 90.4 Å². The van der Waals surface area contributed by atoms with E-state index in [0.29, 0.717) is 0 Å². The highest BCUT2D eigenvalue weighted by atomic mass is 14.8. The van der Waals surface area contributed by atoms with Crippen LogP contribution in [0.3, 0.4) is 0 Å². The van der Waals surface area contributed by atoms with E-state index in [4.69, 9.17) is 0 Å². The van der Waals surface area contributed by atoms with Crippen LogP contribution in [0, 0.1) is 0 Å². The van der Waals surface area contributed by atoms with E-state index >= 15 is 0 Å². The lowest BCUT2D eigenvalue weighted by molar-refractivity contribution is 1.25. The second-order valence-corrected chi connectivity index (χ2v) is 2.84. The van der Waals surface area contributed by atoms with E-state index in [1.165, 1.54) is 0 Å². The highest BCUT2D eigenvalue weighted by Gasteiger charge is 1.97. The average Bonchev–Trinajstić information content (AvgIpc) is 2.29. The van der Waals surface area contributed by atoms with Gasteiger partial charge in [-0.25, -0.2) is 0 Å². The molecule has 15 heavy (non-hydrogen) atoms. The van der Waals surface area contributed by atoms with Crippen LogP contribution in [0.2, 0.25) is 0 Å². The maximum absolute atomic E-state index is 4.30. The van der Waals surface area contributed by atoms with Crippen molar-refractivity contribution in [2.45, 2.75) is 6.42 Å². The van der Waals surface area contributed by atoms with Gasteiger partial charge < -0.3 is 0 Å². The summed E-state index contributed by atoms with van der Waals surface area (Å²) in [5.41, 5.74) is 1.66. The molecule has 0 aromatic carbocycles. The Morgan fingerprint density at radius 1 is 1.40 bits per heavy atom. The Balaban J connectivity index is 2.89. The van der Waals surface area contributed by atoms with Crippen LogP contribution in [-0.2, 0) is 0 Å². The summed E-state index contributed by atoms with van der Waals surface area (Å²) in [5.74, 6) is 0. The van der Waals surface area contributed by atoms with Gasteiger partial charge in [0.25, 0.3) is 0 Å². The minimum atomic E-state index is 0.751. The number of hydrogen-bond acceptors (Lipinski definition) is 2. The van der Waals surface area contributed by atoms with E-state index in [9.17, 15) is 0 Å². The van der Waals surface area contributed by atoms with Gasteiger partial charge in [-0.15, -0.1) is 6.58 Å². The van der Waals surface area contributed by atoms with Crippen molar-refractivity contribution in [2.75, 3.05) is 0 Å². The number of hydrogen-bond donors (Lipinski definition) is 0. The number of aromatic nitrogens is 1. The quantitative estimate of drug-likeness (QED) is 0.405. The molecule has 1 rings (SSSR count). The van der Waals surface area contributed by atoms with Gasteiger partial charge in [0.2, 0.25) is 0 Å². The van der Waals surface area contributed by atoms with E-state index in [1.54, 1.807) is 24.6 Å². The molecule has 0 saturated heterocycles. The molecule has 0 aliphatic carbocycles. The van der Waals surface area contributed by atoms with Crippen molar-refractivity contribution < 1.29 is 0 Å². The maximum Gasteiger partial charge on any atom is 0.0885 e. The zero-order valence-electron chi connectivity index (χ0n) is 8.63. The SMILES string of the molecule is C=C/C=C(\N=C/CC=C)c1ccccn1. The molecule has 0 aliphatic rings. The van der Waals surface area contributed by atoms with Gasteiger partial charge in [0, 0.05) is 18.8 Å². The first-order valence-corrected chi connectivity index (χ1v) is 4.76. The third kappa shape index (κ3) is 3.73. The van der Waals surface area contributed by atoms with Gasteiger partial charge in [-0.3, -0.25) is 9.98 Å². The minimum absolute atomic E-state index is 0.751.